The molecule has 0 rings (SSSR count). The van der Waals surface area contributed by atoms with Crippen LogP contribution in [0.2, 0.25) is 0 Å². The quantitative estimate of drug-likeness (QED) is 0.416. The summed E-state index contributed by atoms with van der Waals surface area (Å²) in [6.45, 7) is 3.03. The van der Waals surface area contributed by atoms with Crippen LogP contribution in [0, 0.1) is 0 Å². The number of esters is 1. The Morgan fingerprint density at radius 1 is 1.50 bits per heavy atom. The Hall–Kier alpha value is -0.840. The maximum Gasteiger partial charge on any atom is 0.348 e. The first-order valence-corrected chi connectivity index (χ1v) is 4.26. The molecular weight excluding hydrogens is 156 g/mol. The molecule has 0 heterocycles. The Kier molecular flexibility index (Phi) is 2.59. The van der Waals surface area contributed by atoms with Crippen LogP contribution in [0.15, 0.2) is 11.5 Å². The van der Waals surface area contributed by atoms with Gasteiger partial charge in [0.15, 0.2) is 9.84 Å². The predicted octanol–water partition coefficient (Wildman–Crippen LogP) is -0.282. The fourth-order valence-corrected chi connectivity index (χ4v) is 0.651. The first kappa shape index (κ1) is 9.16. The van der Waals surface area contributed by atoms with Crippen molar-refractivity contribution in [3.05, 3.63) is 11.5 Å². The van der Waals surface area contributed by atoms with E-state index in [1.807, 2.05) is 0 Å². The molecule has 5 heteroatoms. The van der Waals surface area contributed by atoms with E-state index in [0.29, 0.717) is 0 Å². The minimum absolute atomic E-state index is 0.519. The third-order valence-electron chi connectivity index (χ3n) is 0.861. The lowest BCUT2D eigenvalue weighted by molar-refractivity contribution is -0.135. The Bertz CT molecular complexity index is 249. The number of methoxy groups -OCH3 is 1. The van der Waals surface area contributed by atoms with E-state index in [9.17, 15) is 13.2 Å². The topological polar surface area (TPSA) is 60.4 Å². The van der Waals surface area contributed by atoms with Crippen LogP contribution < -0.4 is 0 Å². The average molecular weight is 164 g/mol. The fourth-order valence-electron chi connectivity index (χ4n) is 0.265. The van der Waals surface area contributed by atoms with E-state index >= 15 is 0 Å². The van der Waals surface area contributed by atoms with Crippen LogP contribution in [0.5, 0.6) is 0 Å². The normalized spacial score (nSPS) is 10.6. The van der Waals surface area contributed by atoms with Crippen molar-refractivity contribution < 1.29 is 17.9 Å². The molecule has 10 heavy (non-hydrogen) atoms. The summed E-state index contributed by atoms with van der Waals surface area (Å²) in [4.78, 5) is 9.94. The maximum atomic E-state index is 10.5. The molecule has 0 saturated heterocycles. The van der Waals surface area contributed by atoms with E-state index in [4.69, 9.17) is 0 Å². The number of ether oxygens (including phenoxy) is 1. The Morgan fingerprint density at radius 2 is 1.90 bits per heavy atom. The third kappa shape index (κ3) is 2.18. The number of hydrogen-bond donors (Lipinski definition) is 0. The summed E-state index contributed by atoms with van der Waals surface area (Å²) < 4.78 is 25.2. The van der Waals surface area contributed by atoms with Gasteiger partial charge in [0.25, 0.3) is 0 Å². The smallest absolute Gasteiger partial charge is 0.348 e. The standard InChI is InChI=1S/C5H8O4S/c1-4(5(6)9-2)10(3,7)8/h1H2,2-3H3. The fraction of sp³-hybridized carbons (Fsp3) is 0.400. The van der Waals surface area contributed by atoms with Crippen LogP contribution >= 0.6 is 0 Å². The molecule has 0 radical (unpaired) electrons. The summed E-state index contributed by atoms with van der Waals surface area (Å²) in [5.74, 6) is -0.914. The lowest BCUT2D eigenvalue weighted by Gasteiger charge is -1.98. The van der Waals surface area contributed by atoms with Gasteiger partial charge in [-0.2, -0.15) is 0 Å². The highest BCUT2D eigenvalue weighted by molar-refractivity contribution is 7.95. The predicted molar refractivity (Wildman–Crippen MR) is 36.0 cm³/mol. The van der Waals surface area contributed by atoms with Crippen LogP contribution in [0.3, 0.4) is 0 Å². The number of hydrogen-bond acceptors (Lipinski definition) is 4. The molecule has 0 aromatic heterocycles. The molecule has 0 spiro atoms. The zero-order valence-electron chi connectivity index (χ0n) is 5.75. The van der Waals surface area contributed by atoms with Crippen LogP contribution in [-0.2, 0) is 19.4 Å². The van der Waals surface area contributed by atoms with Crippen molar-refractivity contribution in [2.45, 2.75) is 0 Å². The zero-order chi connectivity index (χ0) is 8.36. The Balaban J connectivity index is 4.57. The second kappa shape index (κ2) is 2.83. The summed E-state index contributed by atoms with van der Waals surface area (Å²) in [6, 6.07) is 0. The second-order valence-electron chi connectivity index (χ2n) is 1.69. The van der Waals surface area contributed by atoms with Crippen molar-refractivity contribution in [2.75, 3.05) is 13.4 Å². The van der Waals surface area contributed by atoms with Crippen molar-refractivity contribution in [1.29, 1.82) is 0 Å². The Morgan fingerprint density at radius 3 is 2.00 bits per heavy atom. The van der Waals surface area contributed by atoms with Gasteiger partial charge in [0, 0.05) is 6.26 Å². The number of carbonyl (C=O) groups excluding carboxylic acids is 1. The molecule has 0 amide bonds. The molecule has 58 valence electrons. The summed E-state index contributed by atoms with van der Waals surface area (Å²) in [6.07, 6.45) is 0.895. The van der Waals surface area contributed by atoms with Gasteiger partial charge in [0.1, 0.15) is 4.91 Å². The van der Waals surface area contributed by atoms with E-state index in [1.54, 1.807) is 0 Å². The monoisotopic (exact) mass is 164 g/mol. The van der Waals surface area contributed by atoms with Crippen LogP contribution in [-0.4, -0.2) is 27.8 Å². The van der Waals surface area contributed by atoms with Gasteiger partial charge in [0.2, 0.25) is 0 Å². The highest BCUT2D eigenvalue weighted by atomic mass is 32.2. The molecule has 0 aliphatic rings. The summed E-state index contributed by atoms with van der Waals surface area (Å²) in [5.41, 5.74) is 0. The van der Waals surface area contributed by atoms with Gasteiger partial charge in [-0.25, -0.2) is 13.2 Å². The van der Waals surface area contributed by atoms with Crippen molar-refractivity contribution in [3.63, 3.8) is 0 Å². The molecule has 0 aromatic rings. The molecule has 0 N–H and O–H groups in total. The van der Waals surface area contributed by atoms with Crippen LogP contribution in [0.4, 0.5) is 0 Å². The van der Waals surface area contributed by atoms with Gasteiger partial charge in [-0.05, 0) is 0 Å². The molecule has 4 nitrogen and oxygen atoms in total. The van der Waals surface area contributed by atoms with Crippen LogP contribution in [0.25, 0.3) is 0 Å². The molecule has 0 bridgehead atoms. The van der Waals surface area contributed by atoms with Crippen molar-refractivity contribution in [3.8, 4) is 0 Å². The summed E-state index contributed by atoms with van der Waals surface area (Å²) in [7, 11) is -2.39. The van der Waals surface area contributed by atoms with Crippen molar-refractivity contribution in [1.82, 2.24) is 0 Å². The molecular formula is C5H8O4S. The van der Waals surface area contributed by atoms with Gasteiger partial charge in [-0.3, -0.25) is 0 Å². The summed E-state index contributed by atoms with van der Waals surface area (Å²) >= 11 is 0. The Labute approximate surface area is 59.4 Å². The number of rotatable bonds is 2. The SMILES string of the molecule is C=C(C(=O)OC)S(C)(=O)=O. The molecule has 0 atom stereocenters. The first-order valence-electron chi connectivity index (χ1n) is 2.37. The summed E-state index contributed by atoms with van der Waals surface area (Å²) in [5, 5.41) is 0. The highest BCUT2D eigenvalue weighted by Gasteiger charge is 2.17. The molecule has 0 fully saturated rings. The largest absolute Gasteiger partial charge is 0.465 e. The first-order chi connectivity index (χ1) is 4.39. The van der Waals surface area contributed by atoms with Crippen LogP contribution in [0.1, 0.15) is 0 Å². The second-order valence-corrected chi connectivity index (χ2v) is 3.72. The van der Waals surface area contributed by atoms with Crippen molar-refractivity contribution >= 4 is 15.8 Å². The van der Waals surface area contributed by atoms with E-state index in [-0.39, 0.29) is 0 Å². The molecule has 0 aromatic carbocycles. The van der Waals surface area contributed by atoms with E-state index in [1.165, 1.54) is 0 Å². The lowest BCUT2D eigenvalue weighted by Crippen LogP contribution is -2.11. The van der Waals surface area contributed by atoms with Gasteiger partial charge in [-0.15, -0.1) is 0 Å². The average Bonchev–Trinajstić information content (AvgIpc) is 1.83. The van der Waals surface area contributed by atoms with E-state index in [0.717, 1.165) is 13.4 Å². The molecule has 0 aliphatic carbocycles. The van der Waals surface area contributed by atoms with Gasteiger partial charge in [0.05, 0.1) is 7.11 Å². The maximum absolute atomic E-state index is 10.5. The van der Waals surface area contributed by atoms with Gasteiger partial charge < -0.3 is 4.74 Å². The molecule has 0 unspecified atom stereocenters. The molecule has 0 aliphatic heterocycles. The number of sulfone groups is 1. The van der Waals surface area contributed by atoms with Gasteiger partial charge in [-0.1, -0.05) is 6.58 Å². The zero-order valence-corrected chi connectivity index (χ0v) is 6.56. The van der Waals surface area contributed by atoms with Crippen molar-refractivity contribution in [2.24, 2.45) is 0 Å². The lowest BCUT2D eigenvalue weighted by atomic mass is 10.6. The van der Waals surface area contributed by atoms with E-state index < -0.39 is 20.7 Å². The number of carbonyl (C=O) groups is 1. The van der Waals surface area contributed by atoms with Gasteiger partial charge >= 0.3 is 5.97 Å². The minimum atomic E-state index is -3.48. The van der Waals surface area contributed by atoms with E-state index in [2.05, 4.69) is 11.3 Å². The minimum Gasteiger partial charge on any atom is -0.465 e. The molecule has 0 saturated carbocycles. The highest BCUT2D eigenvalue weighted by Crippen LogP contribution is 2.01. The third-order valence-corrected chi connectivity index (χ3v) is 1.92.